The number of ketones is 1. The van der Waals surface area contributed by atoms with Gasteiger partial charge in [-0.3, -0.25) is 14.6 Å². The zero-order valence-electron chi connectivity index (χ0n) is 15.2. The van der Waals surface area contributed by atoms with E-state index < -0.39 is 5.54 Å². The van der Waals surface area contributed by atoms with Crippen LogP contribution in [-0.4, -0.2) is 34.3 Å². The van der Waals surface area contributed by atoms with Crippen molar-refractivity contribution in [1.82, 2.24) is 5.32 Å². The summed E-state index contributed by atoms with van der Waals surface area (Å²) in [7, 11) is 0. The number of nitrogens with one attached hydrogen (secondary N) is 1. The Bertz CT molecular complexity index is 947. The van der Waals surface area contributed by atoms with E-state index in [9.17, 15) is 9.59 Å². The molecule has 5 rings (SSSR count). The summed E-state index contributed by atoms with van der Waals surface area (Å²) in [6.07, 6.45) is 1.30. The molecule has 1 aliphatic carbocycles. The van der Waals surface area contributed by atoms with Crippen molar-refractivity contribution in [3.63, 3.8) is 0 Å². The third-order valence-electron chi connectivity index (χ3n) is 5.88. The molecule has 0 aromatic heterocycles. The van der Waals surface area contributed by atoms with Gasteiger partial charge in [0.15, 0.2) is 5.17 Å². The maximum absolute atomic E-state index is 12.7. The number of aliphatic imine (C=N–C) groups is 1. The Morgan fingerprint density at radius 2 is 1.82 bits per heavy atom. The van der Waals surface area contributed by atoms with Gasteiger partial charge in [0, 0.05) is 12.0 Å². The molecule has 1 spiro atoms. The molecule has 0 unspecified atom stereocenters. The van der Waals surface area contributed by atoms with Gasteiger partial charge in [0.25, 0.3) is 5.91 Å². The summed E-state index contributed by atoms with van der Waals surface area (Å²) in [6.45, 7) is 0.408. The Balaban J connectivity index is 1.37. The van der Waals surface area contributed by atoms with Gasteiger partial charge in [-0.25, -0.2) is 0 Å². The van der Waals surface area contributed by atoms with E-state index in [2.05, 4.69) is 17.4 Å². The van der Waals surface area contributed by atoms with E-state index in [-0.39, 0.29) is 29.0 Å². The van der Waals surface area contributed by atoms with E-state index in [1.165, 1.54) is 11.8 Å². The standard InChI is InChI=1S/C22H20N2O3S/c25-17-11-16-12-18(14-7-3-1-4-8-14)27-13-22(16)19(17)28-21(24-22)23-20(26)15-9-5-2-6-10-15/h1-10,16,18-19H,11-13H2,(H,23,24,26)/t16-,18-,19+,22-/m0/s1. The first-order valence-electron chi connectivity index (χ1n) is 9.48. The van der Waals surface area contributed by atoms with Crippen molar-refractivity contribution in [1.29, 1.82) is 0 Å². The van der Waals surface area contributed by atoms with Crippen molar-refractivity contribution in [2.75, 3.05) is 6.61 Å². The maximum Gasteiger partial charge on any atom is 0.257 e. The molecule has 1 saturated carbocycles. The molecule has 142 valence electrons. The molecule has 4 atom stereocenters. The van der Waals surface area contributed by atoms with Crippen LogP contribution in [0.4, 0.5) is 0 Å². The van der Waals surface area contributed by atoms with E-state index in [1.807, 2.05) is 36.4 Å². The second-order valence-corrected chi connectivity index (χ2v) is 8.63. The highest BCUT2D eigenvalue weighted by molar-refractivity contribution is 8.15. The summed E-state index contributed by atoms with van der Waals surface area (Å²) in [5.74, 6) is 0.147. The number of carbonyl (C=O) groups excluding carboxylic acids is 2. The zero-order chi connectivity index (χ0) is 19.1. The number of nitrogens with zero attached hydrogens (tertiary/aromatic N) is 1. The summed E-state index contributed by atoms with van der Waals surface area (Å²) in [4.78, 5) is 30.0. The van der Waals surface area contributed by atoms with Crippen LogP contribution in [0, 0.1) is 5.92 Å². The van der Waals surface area contributed by atoms with E-state index in [4.69, 9.17) is 9.73 Å². The van der Waals surface area contributed by atoms with Crippen LogP contribution in [-0.2, 0) is 9.53 Å². The topological polar surface area (TPSA) is 67.8 Å². The highest BCUT2D eigenvalue weighted by Gasteiger charge is 2.61. The van der Waals surface area contributed by atoms with Crippen molar-refractivity contribution < 1.29 is 14.3 Å². The average molecular weight is 392 g/mol. The van der Waals surface area contributed by atoms with E-state index in [0.717, 1.165) is 12.0 Å². The highest BCUT2D eigenvalue weighted by Crippen LogP contribution is 2.54. The molecule has 28 heavy (non-hydrogen) atoms. The van der Waals surface area contributed by atoms with Crippen molar-refractivity contribution in [2.24, 2.45) is 10.9 Å². The first kappa shape index (κ1) is 17.6. The number of benzene rings is 2. The molecular weight excluding hydrogens is 372 g/mol. The lowest BCUT2D eigenvalue weighted by atomic mass is 9.80. The Morgan fingerprint density at radius 1 is 1.11 bits per heavy atom. The lowest BCUT2D eigenvalue weighted by molar-refractivity contribution is -0.117. The molecule has 0 bridgehead atoms. The van der Waals surface area contributed by atoms with Gasteiger partial charge in [-0.05, 0) is 30.0 Å². The SMILES string of the molecule is O=C(NC1=N[C@@]23CO[C@H](c4ccccc4)C[C@@H]2CC(=O)[C@H]3S1)c1ccccc1. The van der Waals surface area contributed by atoms with Gasteiger partial charge in [-0.15, -0.1) is 0 Å². The number of amidine groups is 1. The van der Waals surface area contributed by atoms with Crippen LogP contribution in [0.15, 0.2) is 65.7 Å². The van der Waals surface area contributed by atoms with Crippen molar-refractivity contribution in [3.8, 4) is 0 Å². The second-order valence-electron chi connectivity index (χ2n) is 7.54. The third kappa shape index (κ3) is 2.88. The molecule has 6 heteroatoms. The molecule has 2 aromatic carbocycles. The zero-order valence-corrected chi connectivity index (χ0v) is 16.0. The van der Waals surface area contributed by atoms with Gasteiger partial charge < -0.3 is 10.1 Å². The summed E-state index contributed by atoms with van der Waals surface area (Å²) in [6, 6.07) is 19.2. The van der Waals surface area contributed by atoms with Crippen LogP contribution in [0.3, 0.4) is 0 Å². The molecule has 1 amide bonds. The monoisotopic (exact) mass is 392 g/mol. The Morgan fingerprint density at radius 3 is 2.57 bits per heavy atom. The minimum Gasteiger partial charge on any atom is -0.371 e. The minimum absolute atomic E-state index is 0.00784. The minimum atomic E-state index is -0.549. The number of rotatable bonds is 2. The summed E-state index contributed by atoms with van der Waals surface area (Å²) >= 11 is 1.37. The number of amides is 1. The second kappa shape index (κ2) is 6.87. The van der Waals surface area contributed by atoms with Crippen LogP contribution in [0.2, 0.25) is 0 Å². The molecule has 2 aliphatic heterocycles. The molecule has 3 aliphatic rings. The Hall–Kier alpha value is -2.44. The number of thioether (sulfide) groups is 1. The Labute approximate surface area is 167 Å². The molecule has 1 saturated heterocycles. The molecule has 1 N–H and O–H groups in total. The fraction of sp³-hybridized carbons (Fsp3) is 0.318. The summed E-state index contributed by atoms with van der Waals surface area (Å²) in [5, 5.41) is 3.14. The lowest BCUT2D eigenvalue weighted by Gasteiger charge is -2.39. The van der Waals surface area contributed by atoms with Crippen LogP contribution >= 0.6 is 11.8 Å². The smallest absolute Gasteiger partial charge is 0.257 e. The molecule has 0 radical (unpaired) electrons. The quantitative estimate of drug-likeness (QED) is 0.851. The number of hydrogen-bond acceptors (Lipinski definition) is 5. The third-order valence-corrected chi connectivity index (χ3v) is 7.21. The number of ether oxygens (including phenoxy) is 1. The van der Waals surface area contributed by atoms with E-state index >= 15 is 0 Å². The number of carbonyl (C=O) groups is 2. The molecule has 2 fully saturated rings. The van der Waals surface area contributed by atoms with Crippen LogP contribution in [0.25, 0.3) is 0 Å². The molecule has 2 aromatic rings. The number of hydrogen-bond donors (Lipinski definition) is 1. The van der Waals surface area contributed by atoms with Gasteiger partial charge in [0.1, 0.15) is 11.3 Å². The fourth-order valence-electron chi connectivity index (χ4n) is 4.45. The number of Topliss-reactive ketones (excluding diaryl/α,β-unsaturated/α-hetero) is 1. The average Bonchev–Trinajstić information content (AvgIpc) is 3.21. The van der Waals surface area contributed by atoms with Gasteiger partial charge in [-0.2, -0.15) is 0 Å². The van der Waals surface area contributed by atoms with Gasteiger partial charge in [0.05, 0.1) is 18.0 Å². The van der Waals surface area contributed by atoms with Crippen LogP contribution in [0.5, 0.6) is 0 Å². The van der Waals surface area contributed by atoms with Gasteiger partial charge >= 0.3 is 0 Å². The van der Waals surface area contributed by atoms with Crippen LogP contribution < -0.4 is 5.32 Å². The predicted octanol–water partition coefficient (Wildman–Crippen LogP) is 3.38. The summed E-state index contributed by atoms with van der Waals surface area (Å²) < 4.78 is 6.18. The van der Waals surface area contributed by atoms with Crippen molar-refractivity contribution in [2.45, 2.75) is 29.7 Å². The molecule has 5 nitrogen and oxygen atoms in total. The first-order chi connectivity index (χ1) is 13.7. The maximum atomic E-state index is 12.7. The lowest BCUT2D eigenvalue weighted by Crippen LogP contribution is -2.47. The van der Waals surface area contributed by atoms with Crippen molar-refractivity contribution in [3.05, 3.63) is 71.8 Å². The predicted molar refractivity (Wildman–Crippen MR) is 108 cm³/mol. The largest absolute Gasteiger partial charge is 0.371 e. The molecule has 2 heterocycles. The first-order valence-corrected chi connectivity index (χ1v) is 10.4. The van der Waals surface area contributed by atoms with Gasteiger partial charge in [-0.1, -0.05) is 60.3 Å². The highest BCUT2D eigenvalue weighted by atomic mass is 32.2. The van der Waals surface area contributed by atoms with E-state index in [1.54, 1.807) is 12.1 Å². The van der Waals surface area contributed by atoms with Gasteiger partial charge in [0.2, 0.25) is 0 Å². The van der Waals surface area contributed by atoms with E-state index in [0.29, 0.717) is 23.8 Å². The van der Waals surface area contributed by atoms with Crippen LogP contribution in [0.1, 0.15) is 34.9 Å². The van der Waals surface area contributed by atoms with Crippen molar-refractivity contribution >= 4 is 28.6 Å². The summed E-state index contributed by atoms with van der Waals surface area (Å²) in [5.41, 5.74) is 1.17. The molecular formula is C22H20N2O3S. The Kier molecular flexibility index (Phi) is 4.33. The fourth-order valence-corrected chi connectivity index (χ4v) is 5.80. The normalized spacial score (nSPS) is 31.1.